The molecule has 5 aliphatic rings. The molecule has 0 aromatic heterocycles. The fourth-order valence-electron chi connectivity index (χ4n) is 4.78. The third-order valence-electron chi connectivity index (χ3n) is 5.63. The molecule has 4 bridgehead atoms. The van der Waals surface area contributed by atoms with E-state index in [0.29, 0.717) is 11.8 Å². The van der Waals surface area contributed by atoms with Crippen LogP contribution in [0.2, 0.25) is 0 Å². The molecule has 0 radical (unpaired) electrons. The van der Waals surface area contributed by atoms with Crippen molar-refractivity contribution in [2.24, 2.45) is 23.2 Å². The lowest BCUT2D eigenvalue weighted by atomic mass is 10.0. The number of hydrogen-bond donors (Lipinski definition) is 2. The number of amides is 1. The first-order valence-electron chi connectivity index (χ1n) is 6.87. The van der Waals surface area contributed by atoms with Gasteiger partial charge >= 0.3 is 0 Å². The molecular weight excluding hydrogens is 218 g/mol. The van der Waals surface area contributed by atoms with Gasteiger partial charge in [0, 0.05) is 5.92 Å². The van der Waals surface area contributed by atoms with Crippen LogP contribution >= 0.6 is 0 Å². The highest BCUT2D eigenvalue weighted by molar-refractivity contribution is 5.87. The zero-order chi connectivity index (χ0) is 11.6. The van der Waals surface area contributed by atoms with E-state index in [9.17, 15) is 9.90 Å². The Balaban J connectivity index is 1.39. The standard InChI is InChI=1S/C13H19NO3/c15-11-7-5-9-10(11)13(9,6-7)12(16)14-17-8-3-1-2-4-8/h7-11,15H,1-6H2,(H,14,16)/t7-,9+,10?,11-,13+/m0/s1. The predicted octanol–water partition coefficient (Wildman–Crippen LogP) is 0.994. The second kappa shape index (κ2) is 3.23. The molecule has 5 atom stereocenters. The molecule has 5 saturated carbocycles. The Bertz CT molecular complexity index is 366. The molecule has 1 unspecified atom stereocenters. The molecule has 94 valence electrons. The number of rotatable bonds is 3. The van der Waals surface area contributed by atoms with Crippen molar-refractivity contribution in [2.45, 2.75) is 50.7 Å². The van der Waals surface area contributed by atoms with Crippen molar-refractivity contribution in [1.29, 1.82) is 0 Å². The van der Waals surface area contributed by atoms with Gasteiger partial charge in [-0.15, -0.1) is 0 Å². The average molecular weight is 237 g/mol. The van der Waals surface area contributed by atoms with E-state index in [0.717, 1.165) is 25.7 Å². The number of hydrogen-bond acceptors (Lipinski definition) is 3. The molecule has 0 spiro atoms. The van der Waals surface area contributed by atoms with Crippen LogP contribution in [0.4, 0.5) is 0 Å². The maximum absolute atomic E-state index is 12.2. The topological polar surface area (TPSA) is 58.6 Å². The van der Waals surface area contributed by atoms with Gasteiger partial charge in [0.15, 0.2) is 0 Å². The van der Waals surface area contributed by atoms with E-state index in [4.69, 9.17) is 4.84 Å². The average Bonchev–Trinajstić information content (AvgIpc) is 2.87. The third kappa shape index (κ3) is 1.18. The van der Waals surface area contributed by atoms with Gasteiger partial charge in [0.2, 0.25) is 5.91 Å². The molecule has 4 heteroatoms. The minimum Gasteiger partial charge on any atom is -0.393 e. The van der Waals surface area contributed by atoms with Crippen molar-refractivity contribution in [3.63, 3.8) is 0 Å². The van der Waals surface area contributed by atoms with Crippen LogP contribution < -0.4 is 5.48 Å². The van der Waals surface area contributed by atoms with E-state index in [1.165, 1.54) is 12.8 Å². The Morgan fingerprint density at radius 1 is 1.35 bits per heavy atom. The van der Waals surface area contributed by atoms with Crippen molar-refractivity contribution < 1.29 is 14.7 Å². The summed E-state index contributed by atoms with van der Waals surface area (Å²) in [5.74, 6) is 1.09. The number of carbonyl (C=O) groups is 1. The molecule has 2 N–H and O–H groups in total. The Labute approximate surface area is 101 Å². The molecule has 5 rings (SSSR count). The molecular formula is C13H19NO3. The Hall–Kier alpha value is -0.610. The largest absolute Gasteiger partial charge is 0.393 e. The summed E-state index contributed by atoms with van der Waals surface area (Å²) in [6.07, 6.45) is 6.45. The number of hydroxylamine groups is 1. The molecule has 5 aliphatic carbocycles. The van der Waals surface area contributed by atoms with Gasteiger partial charge in [0.05, 0.1) is 17.6 Å². The lowest BCUT2D eigenvalue weighted by Crippen LogP contribution is -2.35. The Kier molecular flexibility index (Phi) is 1.96. The van der Waals surface area contributed by atoms with Crippen LogP contribution in [0.1, 0.15) is 38.5 Å². The molecule has 1 amide bonds. The smallest absolute Gasteiger partial charge is 0.250 e. The lowest BCUT2D eigenvalue weighted by Gasteiger charge is -2.15. The van der Waals surface area contributed by atoms with Gasteiger partial charge in [-0.25, -0.2) is 5.48 Å². The van der Waals surface area contributed by atoms with Gasteiger partial charge in [-0.2, -0.15) is 0 Å². The van der Waals surface area contributed by atoms with E-state index in [-0.39, 0.29) is 29.4 Å². The minimum absolute atomic E-state index is 0.0402. The van der Waals surface area contributed by atoms with Crippen molar-refractivity contribution in [3.8, 4) is 0 Å². The summed E-state index contributed by atoms with van der Waals surface area (Å²) in [5, 5.41) is 9.92. The Morgan fingerprint density at radius 3 is 2.65 bits per heavy atom. The summed E-state index contributed by atoms with van der Waals surface area (Å²) in [5.41, 5.74) is 2.43. The minimum atomic E-state index is -0.247. The van der Waals surface area contributed by atoms with Crippen LogP contribution in [0.25, 0.3) is 0 Å². The van der Waals surface area contributed by atoms with Gasteiger partial charge in [-0.05, 0) is 37.5 Å². The second-order valence-electron chi connectivity index (χ2n) is 6.32. The summed E-state index contributed by atoms with van der Waals surface area (Å²) in [4.78, 5) is 17.7. The molecule has 0 heterocycles. The van der Waals surface area contributed by atoms with Crippen LogP contribution in [0.3, 0.4) is 0 Å². The molecule has 17 heavy (non-hydrogen) atoms. The third-order valence-corrected chi connectivity index (χ3v) is 5.63. The summed E-state index contributed by atoms with van der Waals surface area (Å²) >= 11 is 0. The molecule has 5 fully saturated rings. The Morgan fingerprint density at radius 2 is 2.12 bits per heavy atom. The van der Waals surface area contributed by atoms with Crippen molar-refractivity contribution >= 4 is 5.91 Å². The number of carbonyl (C=O) groups excluding carboxylic acids is 1. The van der Waals surface area contributed by atoms with Gasteiger partial charge in [0.25, 0.3) is 0 Å². The van der Waals surface area contributed by atoms with Gasteiger partial charge in [-0.3, -0.25) is 9.63 Å². The summed E-state index contributed by atoms with van der Waals surface area (Å²) in [6, 6.07) is 0. The van der Waals surface area contributed by atoms with Crippen LogP contribution in [-0.2, 0) is 9.63 Å². The van der Waals surface area contributed by atoms with E-state index in [2.05, 4.69) is 5.48 Å². The molecule has 0 aromatic carbocycles. The second-order valence-corrected chi connectivity index (χ2v) is 6.32. The molecule has 0 saturated heterocycles. The quantitative estimate of drug-likeness (QED) is 0.720. The fraction of sp³-hybridized carbons (Fsp3) is 0.923. The summed E-state index contributed by atoms with van der Waals surface area (Å²) in [6.45, 7) is 0. The first kappa shape index (κ1) is 10.3. The van der Waals surface area contributed by atoms with Gasteiger partial charge in [0.1, 0.15) is 0 Å². The predicted molar refractivity (Wildman–Crippen MR) is 59.6 cm³/mol. The highest BCUT2D eigenvalue weighted by Crippen LogP contribution is 2.79. The monoisotopic (exact) mass is 237 g/mol. The first-order valence-corrected chi connectivity index (χ1v) is 6.87. The number of aliphatic hydroxyl groups is 1. The van der Waals surface area contributed by atoms with Gasteiger partial charge < -0.3 is 5.11 Å². The highest BCUT2D eigenvalue weighted by Gasteiger charge is 2.82. The summed E-state index contributed by atoms with van der Waals surface area (Å²) < 4.78 is 0. The maximum Gasteiger partial charge on any atom is 0.250 e. The maximum atomic E-state index is 12.2. The van der Waals surface area contributed by atoms with Gasteiger partial charge in [-0.1, -0.05) is 12.8 Å². The zero-order valence-corrected chi connectivity index (χ0v) is 9.89. The van der Waals surface area contributed by atoms with Crippen molar-refractivity contribution in [1.82, 2.24) is 5.48 Å². The molecule has 0 aliphatic heterocycles. The fourth-order valence-corrected chi connectivity index (χ4v) is 4.78. The SMILES string of the molecule is O=C(NOC1CCCC1)[C@]12C[C@@H]3C[C@@H]1C2[C@H]3O. The van der Waals surface area contributed by atoms with Crippen LogP contribution in [0.5, 0.6) is 0 Å². The van der Waals surface area contributed by atoms with E-state index in [1.807, 2.05) is 0 Å². The lowest BCUT2D eigenvalue weighted by molar-refractivity contribution is -0.144. The summed E-state index contributed by atoms with van der Waals surface area (Å²) in [7, 11) is 0. The van der Waals surface area contributed by atoms with E-state index >= 15 is 0 Å². The normalized spacial score (nSPS) is 50.9. The number of aliphatic hydroxyl groups excluding tert-OH is 1. The molecule has 4 nitrogen and oxygen atoms in total. The van der Waals surface area contributed by atoms with Crippen molar-refractivity contribution in [3.05, 3.63) is 0 Å². The van der Waals surface area contributed by atoms with Crippen LogP contribution in [0.15, 0.2) is 0 Å². The highest BCUT2D eigenvalue weighted by atomic mass is 16.7. The number of nitrogens with one attached hydrogen (secondary N) is 1. The van der Waals surface area contributed by atoms with Crippen LogP contribution in [0, 0.1) is 23.2 Å². The van der Waals surface area contributed by atoms with Crippen LogP contribution in [-0.4, -0.2) is 23.2 Å². The van der Waals surface area contributed by atoms with Crippen molar-refractivity contribution in [2.75, 3.05) is 0 Å². The van der Waals surface area contributed by atoms with E-state index in [1.54, 1.807) is 0 Å². The van der Waals surface area contributed by atoms with E-state index < -0.39 is 0 Å². The first-order chi connectivity index (χ1) is 8.23. The molecule has 0 aromatic rings. The zero-order valence-electron chi connectivity index (χ0n) is 9.89.